The molecule has 0 saturated carbocycles. The molecule has 0 atom stereocenters. The van der Waals surface area contributed by atoms with E-state index in [0.717, 1.165) is 36.9 Å². The zero-order valence-electron chi connectivity index (χ0n) is 13.0. The van der Waals surface area contributed by atoms with Crippen molar-refractivity contribution in [2.45, 2.75) is 64.3 Å². The summed E-state index contributed by atoms with van der Waals surface area (Å²) in [6.45, 7) is 8.11. The Morgan fingerprint density at radius 2 is 1.95 bits per heavy atom. The molecule has 3 heteroatoms. The maximum atomic E-state index is 11.9. The Hall–Kier alpha value is -1.35. The van der Waals surface area contributed by atoms with Crippen LogP contribution in [0.5, 0.6) is 0 Å². The van der Waals surface area contributed by atoms with Crippen molar-refractivity contribution in [2.75, 3.05) is 5.32 Å². The van der Waals surface area contributed by atoms with Crippen molar-refractivity contribution in [1.82, 2.24) is 0 Å². The van der Waals surface area contributed by atoms with Gasteiger partial charge in [-0.15, -0.1) is 0 Å². The average molecular weight is 274 g/mol. The van der Waals surface area contributed by atoms with Gasteiger partial charge in [-0.3, -0.25) is 4.79 Å². The van der Waals surface area contributed by atoms with Crippen molar-refractivity contribution in [3.05, 3.63) is 29.3 Å². The zero-order chi connectivity index (χ0) is 15.0. The van der Waals surface area contributed by atoms with E-state index in [1.807, 2.05) is 19.9 Å². The van der Waals surface area contributed by atoms with Crippen LogP contribution in [0.3, 0.4) is 0 Å². The molecule has 1 aliphatic heterocycles. The number of anilines is 1. The number of nitrogens with one attached hydrogen (secondary N) is 1. The Bertz CT molecular complexity index is 512. The van der Waals surface area contributed by atoms with Gasteiger partial charge in [0.15, 0.2) is 0 Å². The second kappa shape index (κ2) is 5.21. The first kappa shape index (κ1) is 15.0. The molecule has 110 valence electrons. The molecule has 0 bridgehead atoms. The zero-order valence-corrected chi connectivity index (χ0v) is 13.0. The summed E-state index contributed by atoms with van der Waals surface area (Å²) in [6, 6.07) is 6.33. The minimum Gasteiger partial charge on any atom is -0.326 e. The third kappa shape index (κ3) is 3.21. The van der Waals surface area contributed by atoms with E-state index in [4.69, 9.17) is 5.73 Å². The second-order valence-electron chi connectivity index (χ2n) is 7.15. The van der Waals surface area contributed by atoms with Crippen LogP contribution in [0.2, 0.25) is 0 Å². The van der Waals surface area contributed by atoms with Gasteiger partial charge in [0.25, 0.3) is 0 Å². The number of nitrogens with two attached hydrogens (primary N) is 1. The van der Waals surface area contributed by atoms with Gasteiger partial charge >= 0.3 is 0 Å². The molecule has 1 aromatic carbocycles. The van der Waals surface area contributed by atoms with Crippen LogP contribution in [0, 0.1) is 0 Å². The first-order valence-corrected chi connectivity index (χ1v) is 7.44. The topological polar surface area (TPSA) is 55.1 Å². The molecule has 2 rings (SSSR count). The summed E-state index contributed by atoms with van der Waals surface area (Å²) in [5.41, 5.74) is 8.91. The summed E-state index contributed by atoms with van der Waals surface area (Å²) in [7, 11) is 0. The standard InChI is InChI=1S/C17H26N2O/c1-16(2,18)10-6-5-7-12-8-9-14-13(11-12)17(3,4)15(20)19-14/h8-9,11H,5-7,10,18H2,1-4H3,(H,19,20). The van der Waals surface area contributed by atoms with E-state index in [1.54, 1.807) is 0 Å². The fourth-order valence-electron chi connectivity index (χ4n) is 2.68. The lowest BCUT2D eigenvalue weighted by atomic mass is 9.85. The van der Waals surface area contributed by atoms with Gasteiger partial charge in [-0.05, 0) is 64.2 Å². The predicted molar refractivity (Wildman–Crippen MR) is 83.9 cm³/mol. The van der Waals surface area contributed by atoms with Crippen molar-refractivity contribution in [1.29, 1.82) is 0 Å². The maximum Gasteiger partial charge on any atom is 0.234 e. The van der Waals surface area contributed by atoms with E-state index in [0.29, 0.717) is 0 Å². The predicted octanol–water partition coefficient (Wildman–Crippen LogP) is 3.37. The number of hydrogen-bond acceptors (Lipinski definition) is 2. The molecule has 0 aromatic heterocycles. The third-order valence-electron chi connectivity index (χ3n) is 4.11. The summed E-state index contributed by atoms with van der Waals surface area (Å²) in [4.78, 5) is 11.9. The first-order valence-electron chi connectivity index (χ1n) is 7.44. The number of amides is 1. The van der Waals surface area contributed by atoms with Crippen molar-refractivity contribution >= 4 is 11.6 Å². The lowest BCUT2D eigenvalue weighted by Gasteiger charge is -2.18. The van der Waals surface area contributed by atoms with Crippen LogP contribution >= 0.6 is 0 Å². The average Bonchev–Trinajstić information content (AvgIpc) is 2.55. The number of unbranched alkanes of at least 4 members (excludes halogenated alkanes) is 1. The fraction of sp³-hybridized carbons (Fsp3) is 0.588. The van der Waals surface area contributed by atoms with Gasteiger partial charge in [-0.25, -0.2) is 0 Å². The van der Waals surface area contributed by atoms with Crippen LogP contribution in [0.4, 0.5) is 5.69 Å². The largest absolute Gasteiger partial charge is 0.326 e. The molecule has 20 heavy (non-hydrogen) atoms. The fourth-order valence-corrected chi connectivity index (χ4v) is 2.68. The van der Waals surface area contributed by atoms with Crippen molar-refractivity contribution in [3.8, 4) is 0 Å². The van der Waals surface area contributed by atoms with Gasteiger partial charge in [0.2, 0.25) is 5.91 Å². The van der Waals surface area contributed by atoms with E-state index in [-0.39, 0.29) is 11.4 Å². The Kier molecular flexibility index (Phi) is 3.92. The monoisotopic (exact) mass is 274 g/mol. The van der Waals surface area contributed by atoms with Crippen molar-refractivity contribution in [2.24, 2.45) is 5.73 Å². The number of carbonyl (C=O) groups excluding carboxylic acids is 1. The Labute approximate surface area is 121 Å². The molecule has 0 unspecified atom stereocenters. The highest BCUT2D eigenvalue weighted by atomic mass is 16.2. The summed E-state index contributed by atoms with van der Waals surface area (Å²) in [5, 5.41) is 2.95. The second-order valence-corrected chi connectivity index (χ2v) is 7.15. The molecule has 3 nitrogen and oxygen atoms in total. The van der Waals surface area contributed by atoms with E-state index in [9.17, 15) is 4.79 Å². The summed E-state index contributed by atoms with van der Waals surface area (Å²) < 4.78 is 0. The van der Waals surface area contributed by atoms with E-state index in [2.05, 4.69) is 31.3 Å². The van der Waals surface area contributed by atoms with Crippen LogP contribution in [0.15, 0.2) is 18.2 Å². The number of aryl methyl sites for hydroxylation is 1. The van der Waals surface area contributed by atoms with Gasteiger partial charge in [0.1, 0.15) is 0 Å². The molecule has 0 spiro atoms. The number of hydrogen-bond donors (Lipinski definition) is 2. The quantitative estimate of drug-likeness (QED) is 0.809. The van der Waals surface area contributed by atoms with Gasteiger partial charge < -0.3 is 11.1 Å². The highest BCUT2D eigenvalue weighted by Gasteiger charge is 2.38. The summed E-state index contributed by atoms with van der Waals surface area (Å²) in [6.07, 6.45) is 4.37. The molecule has 3 N–H and O–H groups in total. The van der Waals surface area contributed by atoms with Gasteiger partial charge in [0.05, 0.1) is 5.41 Å². The molecular weight excluding hydrogens is 248 g/mol. The van der Waals surface area contributed by atoms with Crippen LogP contribution in [-0.4, -0.2) is 11.4 Å². The number of carbonyl (C=O) groups is 1. The summed E-state index contributed by atoms with van der Waals surface area (Å²) in [5.74, 6) is 0.0922. The Morgan fingerprint density at radius 3 is 2.60 bits per heavy atom. The number of fused-ring (bicyclic) bond motifs is 1. The highest BCUT2D eigenvalue weighted by molar-refractivity contribution is 6.05. The van der Waals surface area contributed by atoms with Crippen LogP contribution in [0.1, 0.15) is 58.1 Å². The third-order valence-corrected chi connectivity index (χ3v) is 4.11. The molecule has 1 amide bonds. The van der Waals surface area contributed by atoms with Crippen molar-refractivity contribution in [3.63, 3.8) is 0 Å². The van der Waals surface area contributed by atoms with Crippen LogP contribution in [-0.2, 0) is 16.6 Å². The number of rotatable bonds is 5. The van der Waals surface area contributed by atoms with Crippen LogP contribution < -0.4 is 11.1 Å². The van der Waals surface area contributed by atoms with Crippen LogP contribution in [0.25, 0.3) is 0 Å². The van der Waals surface area contributed by atoms with E-state index in [1.165, 1.54) is 5.56 Å². The first-order chi connectivity index (χ1) is 9.20. The molecule has 1 aromatic rings. The van der Waals surface area contributed by atoms with Crippen molar-refractivity contribution < 1.29 is 4.79 Å². The van der Waals surface area contributed by atoms with Gasteiger partial charge in [0, 0.05) is 11.2 Å². The minimum atomic E-state index is -0.412. The van der Waals surface area contributed by atoms with E-state index < -0.39 is 5.41 Å². The molecule has 0 saturated heterocycles. The molecule has 0 fully saturated rings. The number of benzene rings is 1. The maximum absolute atomic E-state index is 11.9. The smallest absolute Gasteiger partial charge is 0.234 e. The SMILES string of the molecule is CC(C)(N)CCCCc1ccc2c(c1)C(C)(C)C(=O)N2. The lowest BCUT2D eigenvalue weighted by Crippen LogP contribution is -2.31. The lowest BCUT2D eigenvalue weighted by molar-refractivity contribution is -0.119. The van der Waals surface area contributed by atoms with Gasteiger partial charge in [-0.1, -0.05) is 18.6 Å². The normalized spacial score (nSPS) is 16.9. The Balaban J connectivity index is 1.99. The molecule has 0 radical (unpaired) electrons. The molecular formula is C17H26N2O. The molecule has 0 aliphatic carbocycles. The molecule has 1 heterocycles. The summed E-state index contributed by atoms with van der Waals surface area (Å²) >= 11 is 0. The molecule has 1 aliphatic rings. The highest BCUT2D eigenvalue weighted by Crippen LogP contribution is 2.37. The van der Waals surface area contributed by atoms with E-state index >= 15 is 0 Å². The Morgan fingerprint density at radius 1 is 1.25 bits per heavy atom. The minimum absolute atomic E-state index is 0.0731. The van der Waals surface area contributed by atoms with Gasteiger partial charge in [-0.2, -0.15) is 0 Å².